The Morgan fingerprint density at radius 2 is 1.71 bits per heavy atom. The molecule has 0 fully saturated rings. The van der Waals surface area contributed by atoms with Crippen LogP contribution in [0.2, 0.25) is 0 Å². The number of nitrogens with zero attached hydrogens (tertiary/aromatic N) is 1. The normalized spacial score (nSPS) is 21.5. The summed E-state index contributed by atoms with van der Waals surface area (Å²) in [6.07, 6.45) is 0. The summed E-state index contributed by atoms with van der Waals surface area (Å²) in [5, 5.41) is 0. The van der Waals surface area contributed by atoms with Crippen molar-refractivity contribution in [1.82, 2.24) is 4.90 Å². The molecule has 24 heavy (non-hydrogen) atoms. The highest BCUT2D eigenvalue weighted by atomic mass is 15.1. The number of hydrogen-bond donors (Lipinski definition) is 2. The molecule has 2 atom stereocenters. The fourth-order valence-corrected chi connectivity index (χ4v) is 3.72. The summed E-state index contributed by atoms with van der Waals surface area (Å²) in [5.74, 6) is 0.363. The number of benzene rings is 2. The molecule has 0 aliphatic carbocycles. The van der Waals surface area contributed by atoms with Crippen molar-refractivity contribution < 1.29 is 0 Å². The molecule has 0 saturated heterocycles. The first-order valence-electron chi connectivity index (χ1n) is 8.71. The molecule has 128 valence electrons. The molecule has 1 heterocycles. The number of nitrogens with two attached hydrogens (primary N) is 2. The zero-order chi connectivity index (χ0) is 17.5. The smallest absolute Gasteiger partial charge is 0.0470 e. The van der Waals surface area contributed by atoms with E-state index in [0.717, 1.165) is 12.2 Å². The molecule has 1 aliphatic rings. The lowest BCUT2D eigenvalue weighted by molar-refractivity contribution is 0.223. The van der Waals surface area contributed by atoms with Crippen molar-refractivity contribution in [1.29, 1.82) is 0 Å². The van der Waals surface area contributed by atoms with Gasteiger partial charge in [-0.05, 0) is 46.8 Å². The Kier molecular flexibility index (Phi) is 4.41. The molecule has 0 aromatic heterocycles. The van der Waals surface area contributed by atoms with Crippen molar-refractivity contribution in [3.8, 4) is 0 Å². The molecule has 0 radical (unpaired) electrons. The number of anilines is 1. The van der Waals surface area contributed by atoms with Gasteiger partial charge in [0.15, 0.2) is 0 Å². The van der Waals surface area contributed by atoms with Crippen LogP contribution in [0.1, 0.15) is 55.0 Å². The molecule has 4 N–H and O–H groups in total. The van der Waals surface area contributed by atoms with E-state index in [4.69, 9.17) is 11.5 Å². The molecule has 3 rings (SSSR count). The van der Waals surface area contributed by atoms with Crippen molar-refractivity contribution in [3.63, 3.8) is 0 Å². The second-order valence-electron chi connectivity index (χ2n) is 8.00. The minimum absolute atomic E-state index is 0.140. The van der Waals surface area contributed by atoms with Crippen LogP contribution < -0.4 is 11.5 Å². The second kappa shape index (κ2) is 6.23. The average Bonchev–Trinajstić information content (AvgIpc) is 2.53. The summed E-state index contributed by atoms with van der Waals surface area (Å²) >= 11 is 0. The Balaban J connectivity index is 2.11. The Morgan fingerprint density at radius 3 is 2.29 bits per heavy atom. The molecular weight excluding hydrogens is 294 g/mol. The lowest BCUT2D eigenvalue weighted by Gasteiger charge is -2.40. The van der Waals surface area contributed by atoms with Gasteiger partial charge in [-0.3, -0.25) is 4.90 Å². The third-order valence-electron chi connectivity index (χ3n) is 5.25. The minimum Gasteiger partial charge on any atom is -0.399 e. The Bertz CT molecular complexity index is 713. The maximum absolute atomic E-state index is 6.11. The van der Waals surface area contributed by atoms with Gasteiger partial charge in [0.25, 0.3) is 0 Å². The first kappa shape index (κ1) is 17.0. The van der Waals surface area contributed by atoms with Gasteiger partial charge >= 0.3 is 0 Å². The summed E-state index contributed by atoms with van der Waals surface area (Å²) in [6, 6.07) is 15.5. The van der Waals surface area contributed by atoms with Crippen molar-refractivity contribution >= 4 is 5.69 Å². The van der Waals surface area contributed by atoms with E-state index < -0.39 is 0 Å². The highest BCUT2D eigenvalue weighted by molar-refractivity contribution is 5.48. The predicted octanol–water partition coefficient (Wildman–Crippen LogP) is 3.64. The van der Waals surface area contributed by atoms with E-state index in [1.54, 1.807) is 0 Å². The summed E-state index contributed by atoms with van der Waals surface area (Å²) in [7, 11) is 2.18. The molecule has 0 bridgehead atoms. The largest absolute Gasteiger partial charge is 0.399 e. The highest BCUT2D eigenvalue weighted by Crippen LogP contribution is 2.40. The number of rotatable bonds is 2. The second-order valence-corrected chi connectivity index (χ2v) is 8.00. The molecular formula is C21H29N3. The molecule has 2 unspecified atom stereocenters. The molecule has 3 heteroatoms. The van der Waals surface area contributed by atoms with E-state index in [2.05, 4.69) is 63.1 Å². The van der Waals surface area contributed by atoms with Crippen LogP contribution in [-0.4, -0.2) is 25.0 Å². The summed E-state index contributed by atoms with van der Waals surface area (Å²) < 4.78 is 0. The van der Waals surface area contributed by atoms with Crippen LogP contribution in [0, 0.1) is 0 Å². The summed E-state index contributed by atoms with van der Waals surface area (Å²) in [5.41, 5.74) is 18.4. The van der Waals surface area contributed by atoms with Gasteiger partial charge in [-0.1, -0.05) is 51.1 Å². The van der Waals surface area contributed by atoms with E-state index >= 15 is 0 Å². The van der Waals surface area contributed by atoms with E-state index in [-0.39, 0.29) is 11.5 Å². The van der Waals surface area contributed by atoms with Gasteiger partial charge in [0.2, 0.25) is 0 Å². The van der Waals surface area contributed by atoms with Crippen molar-refractivity contribution in [2.24, 2.45) is 5.73 Å². The topological polar surface area (TPSA) is 55.3 Å². The zero-order valence-corrected chi connectivity index (χ0v) is 15.2. The molecule has 2 aromatic carbocycles. The number of fused-ring (bicyclic) bond motifs is 1. The van der Waals surface area contributed by atoms with Gasteiger partial charge < -0.3 is 11.5 Å². The standard InChI is InChI=1S/C21H29N3/c1-21(2,3)15-7-10-17-18(11-15)20(12-22)24(4)13-19(17)14-5-8-16(23)9-6-14/h5-11,19-20H,12-13,22-23H2,1-4H3. The number of nitrogen functional groups attached to an aromatic ring is 1. The third kappa shape index (κ3) is 3.06. The third-order valence-corrected chi connectivity index (χ3v) is 5.25. The predicted molar refractivity (Wildman–Crippen MR) is 102 cm³/mol. The van der Waals surface area contributed by atoms with Crippen LogP contribution in [0.4, 0.5) is 5.69 Å². The minimum atomic E-state index is 0.140. The quantitative estimate of drug-likeness (QED) is 0.830. The lowest BCUT2D eigenvalue weighted by Crippen LogP contribution is -2.39. The van der Waals surface area contributed by atoms with Gasteiger partial charge in [-0.15, -0.1) is 0 Å². The van der Waals surface area contributed by atoms with Crippen LogP contribution in [-0.2, 0) is 5.41 Å². The van der Waals surface area contributed by atoms with E-state index in [1.807, 2.05) is 12.1 Å². The first-order valence-corrected chi connectivity index (χ1v) is 8.71. The van der Waals surface area contributed by atoms with Crippen molar-refractivity contribution in [2.45, 2.75) is 38.1 Å². The van der Waals surface area contributed by atoms with Crippen LogP contribution >= 0.6 is 0 Å². The first-order chi connectivity index (χ1) is 11.3. The van der Waals surface area contributed by atoms with Crippen LogP contribution in [0.5, 0.6) is 0 Å². The maximum atomic E-state index is 6.11. The van der Waals surface area contributed by atoms with E-state index in [0.29, 0.717) is 12.5 Å². The van der Waals surface area contributed by atoms with Gasteiger partial charge in [0.05, 0.1) is 0 Å². The molecule has 1 aliphatic heterocycles. The van der Waals surface area contributed by atoms with Crippen LogP contribution in [0.15, 0.2) is 42.5 Å². The molecule has 0 amide bonds. The lowest BCUT2D eigenvalue weighted by atomic mass is 9.77. The molecule has 0 saturated carbocycles. The van der Waals surface area contributed by atoms with Gasteiger partial charge in [-0.2, -0.15) is 0 Å². The van der Waals surface area contributed by atoms with E-state index in [9.17, 15) is 0 Å². The monoisotopic (exact) mass is 323 g/mol. The number of hydrogen-bond acceptors (Lipinski definition) is 3. The SMILES string of the molecule is CN1CC(c2ccc(N)cc2)c2ccc(C(C)(C)C)cc2C1CN. The average molecular weight is 323 g/mol. The van der Waals surface area contributed by atoms with E-state index in [1.165, 1.54) is 22.3 Å². The molecule has 3 nitrogen and oxygen atoms in total. The van der Waals surface area contributed by atoms with Crippen LogP contribution in [0.3, 0.4) is 0 Å². The Hall–Kier alpha value is -1.84. The highest BCUT2D eigenvalue weighted by Gasteiger charge is 2.32. The zero-order valence-electron chi connectivity index (χ0n) is 15.2. The van der Waals surface area contributed by atoms with Gasteiger partial charge in [-0.25, -0.2) is 0 Å². The molecule has 0 spiro atoms. The van der Waals surface area contributed by atoms with Gasteiger partial charge in [0.1, 0.15) is 0 Å². The van der Waals surface area contributed by atoms with Gasteiger partial charge in [0, 0.05) is 30.7 Å². The molecule has 2 aromatic rings. The van der Waals surface area contributed by atoms with Crippen molar-refractivity contribution in [3.05, 3.63) is 64.7 Å². The maximum Gasteiger partial charge on any atom is 0.0470 e. The summed E-state index contributed by atoms with van der Waals surface area (Å²) in [4.78, 5) is 2.38. The fourth-order valence-electron chi connectivity index (χ4n) is 3.72. The number of likely N-dealkylation sites (N-methyl/N-ethyl adjacent to an activating group) is 1. The summed E-state index contributed by atoms with van der Waals surface area (Å²) in [6.45, 7) is 8.40. The Labute approximate surface area is 145 Å². The Morgan fingerprint density at radius 1 is 1.04 bits per heavy atom. The van der Waals surface area contributed by atoms with Crippen LogP contribution in [0.25, 0.3) is 0 Å². The fraction of sp³-hybridized carbons (Fsp3) is 0.429. The van der Waals surface area contributed by atoms with Crippen molar-refractivity contribution in [2.75, 3.05) is 25.9 Å².